The molecule has 0 radical (unpaired) electrons. The molecule has 1 saturated heterocycles. The minimum Gasteiger partial charge on any atom is -0.454 e. The Hall–Kier alpha value is -1.86. The maximum Gasteiger partial charge on any atom is 0.306 e. The molecule has 8 atom stereocenters. The van der Waals surface area contributed by atoms with Crippen molar-refractivity contribution in [1.29, 1.82) is 0 Å². The van der Waals surface area contributed by atoms with E-state index >= 15 is 0 Å². The Morgan fingerprint density at radius 1 is 0.469 bits per heavy atom. The van der Waals surface area contributed by atoms with Crippen LogP contribution < -0.4 is 5.32 Å². The number of carbonyl (C=O) groups excluding carboxylic acids is 2. The van der Waals surface area contributed by atoms with Gasteiger partial charge in [0.15, 0.2) is 12.4 Å². The van der Waals surface area contributed by atoms with E-state index in [1.165, 1.54) is 231 Å². The van der Waals surface area contributed by atoms with Crippen molar-refractivity contribution in [3.8, 4) is 0 Å². The van der Waals surface area contributed by atoms with E-state index in [1.807, 2.05) is 6.08 Å². The van der Waals surface area contributed by atoms with Crippen molar-refractivity contribution in [3.63, 3.8) is 0 Å². The number of aliphatic hydroxyl groups excluding tert-OH is 5. The molecule has 11 heteroatoms. The first-order valence-corrected chi connectivity index (χ1v) is 35.1. The zero-order chi connectivity index (χ0) is 58.9. The van der Waals surface area contributed by atoms with Crippen LogP contribution in [-0.4, -0.2) is 99.6 Å². The quantitative estimate of drug-likeness (QED) is 0.0195. The maximum absolute atomic E-state index is 13.4. The molecule has 0 aromatic rings. The number of amides is 1. The molecular weight excluding hydrogens is 1010 g/mol. The molecule has 1 rings (SSSR count). The largest absolute Gasteiger partial charge is 0.454 e. The lowest BCUT2D eigenvalue weighted by Crippen LogP contribution is -2.61. The Bertz CT molecular complexity index is 1410. The number of carbonyl (C=O) groups is 2. The van der Waals surface area contributed by atoms with Crippen LogP contribution in [0.2, 0.25) is 0 Å². The second-order valence-corrected chi connectivity index (χ2v) is 24.6. The summed E-state index contributed by atoms with van der Waals surface area (Å²) in [6.45, 7) is 5.83. The number of unbranched alkanes of at least 4 members (excludes halogenated alkanes) is 45. The molecule has 1 aliphatic heterocycles. The molecule has 6 N–H and O–H groups in total. The minimum absolute atomic E-state index is 0.130. The SMILES string of the molecule is CCCCCCCC/C=C/CCCCCCCCC(O)C(=O)NC(COC1OC(CO)C(O)C(O)C1OC(=O)CCCCCCCCCCCCCCCCCCCCCCCCCCC)C(O)/C=C/CCCCCCCCCCC. The molecule has 11 nitrogen and oxygen atoms in total. The van der Waals surface area contributed by atoms with Gasteiger partial charge in [0, 0.05) is 6.42 Å². The lowest BCUT2D eigenvalue weighted by molar-refractivity contribution is -0.305. The molecule has 0 aromatic heterocycles. The van der Waals surface area contributed by atoms with Crippen molar-refractivity contribution in [3.05, 3.63) is 24.3 Å². The number of rotatable bonds is 61. The van der Waals surface area contributed by atoms with Gasteiger partial charge < -0.3 is 45.1 Å². The third kappa shape index (κ3) is 46.1. The van der Waals surface area contributed by atoms with Crippen LogP contribution in [-0.2, 0) is 23.8 Å². The van der Waals surface area contributed by atoms with Crippen molar-refractivity contribution in [2.45, 2.75) is 397 Å². The van der Waals surface area contributed by atoms with Crippen LogP contribution in [0, 0.1) is 0 Å². The normalized spacial score (nSPS) is 18.7. The molecule has 0 spiro atoms. The van der Waals surface area contributed by atoms with Gasteiger partial charge in [0.1, 0.15) is 24.4 Å². The topological polar surface area (TPSA) is 175 Å². The minimum atomic E-state index is -1.61. The lowest BCUT2D eigenvalue weighted by Gasteiger charge is -2.41. The molecule has 478 valence electrons. The number of hydrogen-bond acceptors (Lipinski definition) is 10. The van der Waals surface area contributed by atoms with Crippen LogP contribution in [0.15, 0.2) is 24.3 Å². The van der Waals surface area contributed by atoms with Gasteiger partial charge in [-0.2, -0.15) is 0 Å². The second-order valence-electron chi connectivity index (χ2n) is 24.6. The van der Waals surface area contributed by atoms with Crippen molar-refractivity contribution >= 4 is 11.9 Å². The first kappa shape index (κ1) is 77.2. The van der Waals surface area contributed by atoms with E-state index in [4.69, 9.17) is 14.2 Å². The Morgan fingerprint density at radius 2 is 0.815 bits per heavy atom. The van der Waals surface area contributed by atoms with Crippen molar-refractivity contribution in [2.24, 2.45) is 0 Å². The van der Waals surface area contributed by atoms with Crippen LogP contribution >= 0.6 is 0 Å². The summed E-state index contributed by atoms with van der Waals surface area (Å²) < 4.78 is 17.7. The first-order chi connectivity index (χ1) is 39.7. The van der Waals surface area contributed by atoms with Crippen molar-refractivity contribution < 1.29 is 49.3 Å². The van der Waals surface area contributed by atoms with E-state index in [-0.39, 0.29) is 19.4 Å². The van der Waals surface area contributed by atoms with Gasteiger partial charge in [-0.25, -0.2) is 0 Å². The van der Waals surface area contributed by atoms with Gasteiger partial charge in [-0.1, -0.05) is 315 Å². The molecule has 0 aromatic carbocycles. The summed E-state index contributed by atoms with van der Waals surface area (Å²) in [5.41, 5.74) is 0. The fourth-order valence-electron chi connectivity index (χ4n) is 11.3. The van der Waals surface area contributed by atoms with Gasteiger partial charge in [-0.05, 0) is 51.4 Å². The highest BCUT2D eigenvalue weighted by atomic mass is 16.7. The molecule has 1 fully saturated rings. The molecule has 0 bridgehead atoms. The number of esters is 1. The monoisotopic (exact) mass is 1150 g/mol. The van der Waals surface area contributed by atoms with E-state index in [0.717, 1.165) is 70.6 Å². The zero-order valence-electron chi connectivity index (χ0n) is 53.2. The van der Waals surface area contributed by atoms with Crippen LogP contribution in [0.25, 0.3) is 0 Å². The Balaban J connectivity index is 2.53. The van der Waals surface area contributed by atoms with Gasteiger partial charge in [0.25, 0.3) is 0 Å². The molecular formula is C70H133NO10. The predicted octanol–water partition coefficient (Wildman–Crippen LogP) is 17.6. The van der Waals surface area contributed by atoms with E-state index in [0.29, 0.717) is 12.8 Å². The summed E-state index contributed by atoms with van der Waals surface area (Å²) in [4.78, 5) is 26.6. The van der Waals surface area contributed by atoms with Gasteiger partial charge in [-0.3, -0.25) is 9.59 Å². The first-order valence-electron chi connectivity index (χ1n) is 35.1. The summed E-state index contributed by atoms with van der Waals surface area (Å²) in [7, 11) is 0. The van der Waals surface area contributed by atoms with Gasteiger partial charge in [0.05, 0.1) is 25.4 Å². The number of aliphatic hydroxyl groups is 5. The van der Waals surface area contributed by atoms with Crippen LogP contribution in [0.5, 0.6) is 0 Å². The van der Waals surface area contributed by atoms with Gasteiger partial charge in [-0.15, -0.1) is 0 Å². The van der Waals surface area contributed by atoms with E-state index < -0.39 is 67.4 Å². The molecule has 1 aliphatic rings. The highest BCUT2D eigenvalue weighted by Crippen LogP contribution is 2.26. The number of nitrogens with one attached hydrogen (secondary N) is 1. The molecule has 1 amide bonds. The molecule has 8 unspecified atom stereocenters. The average Bonchev–Trinajstić information content (AvgIpc) is 3.50. The zero-order valence-corrected chi connectivity index (χ0v) is 53.2. The summed E-state index contributed by atoms with van der Waals surface area (Å²) in [5.74, 6) is -1.18. The molecule has 0 aliphatic carbocycles. The summed E-state index contributed by atoms with van der Waals surface area (Å²) >= 11 is 0. The maximum atomic E-state index is 13.4. The molecule has 0 saturated carbocycles. The second kappa shape index (κ2) is 58.5. The predicted molar refractivity (Wildman–Crippen MR) is 338 cm³/mol. The Morgan fingerprint density at radius 3 is 1.20 bits per heavy atom. The third-order valence-electron chi connectivity index (χ3n) is 16.9. The standard InChI is InChI=1S/C70H133NO10/c1-4-7-10-13-16-19-22-24-26-28-29-30-31-32-33-34-35-36-38-40-43-46-49-52-55-58-65(75)81-68-67(77)66(76)64(59-72)80-70(68)79-60-61(62(73)56-53-50-47-44-41-21-18-15-12-9-6-3)71-69(78)63(74)57-54-51-48-45-42-39-37-27-25-23-20-17-14-11-8-5-2/h25,27,53,56,61-64,66-68,70,72-74,76-77H,4-24,26,28-52,54-55,57-60H2,1-3H3,(H,71,78)/b27-25+,56-53+. The molecule has 81 heavy (non-hydrogen) atoms. The average molecular weight is 1150 g/mol. The highest BCUT2D eigenvalue weighted by Gasteiger charge is 2.47. The Kier molecular flexibility index (Phi) is 55.7. The summed E-state index contributed by atoms with van der Waals surface area (Å²) in [6, 6.07) is -1.02. The third-order valence-corrected chi connectivity index (χ3v) is 16.9. The van der Waals surface area contributed by atoms with Crippen molar-refractivity contribution in [2.75, 3.05) is 13.2 Å². The van der Waals surface area contributed by atoms with E-state index in [1.54, 1.807) is 6.08 Å². The number of ether oxygens (including phenoxy) is 3. The summed E-state index contributed by atoms with van der Waals surface area (Å²) in [6.07, 6.45) is 59.5. The smallest absolute Gasteiger partial charge is 0.306 e. The lowest BCUT2D eigenvalue weighted by atomic mass is 9.99. The fraction of sp³-hybridized carbons (Fsp3) is 0.914. The van der Waals surface area contributed by atoms with Gasteiger partial charge in [0.2, 0.25) is 5.91 Å². The van der Waals surface area contributed by atoms with Gasteiger partial charge >= 0.3 is 5.97 Å². The van der Waals surface area contributed by atoms with Crippen LogP contribution in [0.4, 0.5) is 0 Å². The van der Waals surface area contributed by atoms with E-state index in [9.17, 15) is 35.1 Å². The summed E-state index contributed by atoms with van der Waals surface area (Å²) in [5, 5.41) is 57.1. The number of allylic oxidation sites excluding steroid dienone is 3. The highest BCUT2D eigenvalue weighted by molar-refractivity contribution is 5.80. The Labute approximate surface area is 499 Å². The number of hydrogen-bond donors (Lipinski definition) is 6. The van der Waals surface area contributed by atoms with Crippen LogP contribution in [0.3, 0.4) is 0 Å². The van der Waals surface area contributed by atoms with E-state index in [2.05, 4.69) is 38.2 Å². The fourth-order valence-corrected chi connectivity index (χ4v) is 11.3. The van der Waals surface area contributed by atoms with Crippen LogP contribution in [0.1, 0.15) is 348 Å². The molecule has 1 heterocycles. The van der Waals surface area contributed by atoms with Crippen molar-refractivity contribution in [1.82, 2.24) is 5.32 Å².